The van der Waals surface area contributed by atoms with Crippen LogP contribution in [0.5, 0.6) is 0 Å². The zero-order valence-corrected chi connectivity index (χ0v) is 10.4. The van der Waals surface area contributed by atoms with Crippen molar-refractivity contribution in [1.29, 1.82) is 0 Å². The van der Waals surface area contributed by atoms with Crippen LogP contribution in [0.3, 0.4) is 0 Å². The van der Waals surface area contributed by atoms with Crippen LogP contribution >= 0.6 is 0 Å². The van der Waals surface area contributed by atoms with Gasteiger partial charge in [0.2, 0.25) is 0 Å². The molecular formula is C7H3FNNaO4S. The van der Waals surface area contributed by atoms with Crippen molar-refractivity contribution in [3.05, 3.63) is 24.0 Å². The van der Waals surface area contributed by atoms with E-state index < -0.39 is 21.0 Å². The minimum atomic E-state index is -4.72. The van der Waals surface area contributed by atoms with Crippen molar-refractivity contribution in [2.24, 2.45) is 0 Å². The molecular weight excluding hydrogens is 236 g/mol. The van der Waals surface area contributed by atoms with E-state index in [1.54, 1.807) is 0 Å². The zero-order chi connectivity index (χ0) is 10.3. The normalized spacial score (nSPS) is 11.3. The fourth-order valence-electron chi connectivity index (χ4n) is 1.07. The number of halogens is 1. The van der Waals surface area contributed by atoms with Crippen molar-refractivity contribution in [3.63, 3.8) is 0 Å². The van der Waals surface area contributed by atoms with Crippen LogP contribution in [0.1, 0.15) is 0 Å². The molecule has 2 rings (SSSR count). The number of fused-ring (bicyclic) bond motifs is 1. The van der Waals surface area contributed by atoms with E-state index in [0.717, 1.165) is 12.1 Å². The van der Waals surface area contributed by atoms with Crippen molar-refractivity contribution in [2.75, 3.05) is 0 Å². The predicted octanol–water partition coefficient (Wildman–Crippen LogP) is -2.12. The van der Waals surface area contributed by atoms with Gasteiger partial charge < -0.3 is 9.08 Å². The Kier molecular flexibility index (Phi) is 3.51. The SMILES string of the molecule is O=S(=O)([O-])c1noc2ccc(F)cc12.[Na+]. The van der Waals surface area contributed by atoms with Crippen LogP contribution in [0.2, 0.25) is 0 Å². The Bertz CT molecular complexity index is 594. The molecule has 0 amide bonds. The second kappa shape index (κ2) is 4.18. The van der Waals surface area contributed by atoms with Gasteiger partial charge >= 0.3 is 29.6 Å². The summed E-state index contributed by atoms with van der Waals surface area (Å²) in [4.78, 5) is 0. The van der Waals surface area contributed by atoms with E-state index in [0.29, 0.717) is 0 Å². The van der Waals surface area contributed by atoms with Crippen LogP contribution in [0.4, 0.5) is 4.39 Å². The maximum Gasteiger partial charge on any atom is 1.00 e. The number of hydrogen-bond donors (Lipinski definition) is 0. The van der Waals surface area contributed by atoms with Crippen molar-refractivity contribution >= 4 is 21.1 Å². The van der Waals surface area contributed by atoms with Gasteiger partial charge in [-0.05, 0) is 18.2 Å². The Morgan fingerprint density at radius 3 is 2.67 bits per heavy atom. The minimum absolute atomic E-state index is 0. The summed E-state index contributed by atoms with van der Waals surface area (Å²) in [5.41, 5.74) is 0.0563. The second-order valence-corrected chi connectivity index (χ2v) is 3.88. The molecule has 15 heavy (non-hydrogen) atoms. The van der Waals surface area contributed by atoms with Gasteiger partial charge in [0, 0.05) is 0 Å². The molecule has 0 N–H and O–H groups in total. The molecule has 1 aromatic carbocycles. The van der Waals surface area contributed by atoms with Crippen LogP contribution in [-0.4, -0.2) is 18.1 Å². The van der Waals surface area contributed by atoms with Gasteiger partial charge in [-0.1, -0.05) is 5.16 Å². The summed E-state index contributed by atoms with van der Waals surface area (Å²) in [5, 5.41) is 2.14. The topological polar surface area (TPSA) is 83.2 Å². The molecule has 0 spiro atoms. The predicted molar refractivity (Wildman–Crippen MR) is 41.9 cm³/mol. The van der Waals surface area contributed by atoms with E-state index in [-0.39, 0.29) is 40.5 Å². The first-order valence-electron chi connectivity index (χ1n) is 3.49. The fourth-order valence-corrected chi connectivity index (χ4v) is 1.63. The first-order valence-corrected chi connectivity index (χ1v) is 4.90. The molecule has 0 radical (unpaired) electrons. The van der Waals surface area contributed by atoms with Gasteiger partial charge in [-0.3, -0.25) is 0 Å². The van der Waals surface area contributed by atoms with Gasteiger partial charge in [0.1, 0.15) is 15.9 Å². The van der Waals surface area contributed by atoms with Crippen molar-refractivity contribution in [3.8, 4) is 0 Å². The number of nitrogens with zero attached hydrogens (tertiary/aromatic N) is 1. The molecule has 0 atom stereocenters. The molecule has 1 heterocycles. The van der Waals surface area contributed by atoms with Crippen molar-refractivity contribution in [1.82, 2.24) is 5.16 Å². The minimum Gasteiger partial charge on any atom is -0.743 e. The van der Waals surface area contributed by atoms with Gasteiger partial charge in [0.25, 0.3) is 0 Å². The zero-order valence-electron chi connectivity index (χ0n) is 7.60. The van der Waals surface area contributed by atoms with Gasteiger partial charge in [-0.25, -0.2) is 12.8 Å². The molecule has 5 nitrogen and oxygen atoms in total. The first kappa shape index (κ1) is 12.6. The molecule has 0 aliphatic carbocycles. The maximum atomic E-state index is 12.7. The average Bonchev–Trinajstić information content (AvgIpc) is 2.45. The van der Waals surface area contributed by atoms with E-state index in [2.05, 4.69) is 9.68 Å². The van der Waals surface area contributed by atoms with Gasteiger partial charge in [-0.2, -0.15) is 0 Å². The summed E-state index contributed by atoms with van der Waals surface area (Å²) >= 11 is 0. The van der Waals surface area contributed by atoms with Gasteiger partial charge in [0.05, 0.1) is 5.39 Å². The van der Waals surface area contributed by atoms with Crippen LogP contribution < -0.4 is 29.6 Å². The van der Waals surface area contributed by atoms with Gasteiger partial charge in [0.15, 0.2) is 10.6 Å². The smallest absolute Gasteiger partial charge is 0.743 e. The summed E-state index contributed by atoms with van der Waals surface area (Å²) < 4.78 is 49.1. The summed E-state index contributed by atoms with van der Waals surface area (Å²) in [6.07, 6.45) is 0. The molecule has 0 unspecified atom stereocenters. The summed E-state index contributed by atoms with van der Waals surface area (Å²) in [6, 6.07) is 3.16. The molecule has 74 valence electrons. The standard InChI is InChI=1S/C7H4FNO4S.Na/c8-4-1-2-6-5(3-4)7(9-13-6)14(10,11)12;/h1-3H,(H,10,11,12);/q;+1/p-1. The van der Waals surface area contributed by atoms with Crippen LogP contribution in [-0.2, 0) is 10.1 Å². The molecule has 0 saturated carbocycles. The Morgan fingerprint density at radius 1 is 1.40 bits per heavy atom. The average molecular weight is 239 g/mol. The molecule has 8 heteroatoms. The number of aromatic nitrogens is 1. The largest absolute Gasteiger partial charge is 1.00 e. The number of benzene rings is 1. The van der Waals surface area contributed by atoms with E-state index >= 15 is 0 Å². The van der Waals surface area contributed by atoms with E-state index in [9.17, 15) is 17.4 Å². The summed E-state index contributed by atoms with van der Waals surface area (Å²) in [6.45, 7) is 0. The molecule has 0 aliphatic heterocycles. The van der Waals surface area contributed by atoms with Crippen molar-refractivity contribution < 1.29 is 51.4 Å². The molecule has 2 aromatic rings. The number of rotatable bonds is 1. The second-order valence-electron chi connectivity index (χ2n) is 2.58. The molecule has 0 saturated heterocycles. The monoisotopic (exact) mass is 239 g/mol. The van der Waals surface area contributed by atoms with E-state index in [1.807, 2.05) is 0 Å². The Labute approximate surface area is 106 Å². The third kappa shape index (κ3) is 2.37. The third-order valence-electron chi connectivity index (χ3n) is 1.64. The van der Waals surface area contributed by atoms with Crippen molar-refractivity contribution in [2.45, 2.75) is 5.03 Å². The van der Waals surface area contributed by atoms with Crippen LogP contribution in [0.15, 0.2) is 27.7 Å². The van der Waals surface area contributed by atoms with Gasteiger partial charge in [-0.15, -0.1) is 0 Å². The summed E-state index contributed by atoms with van der Waals surface area (Å²) in [5.74, 6) is -0.661. The maximum absolute atomic E-state index is 12.7. The summed E-state index contributed by atoms with van der Waals surface area (Å²) in [7, 11) is -4.72. The fraction of sp³-hybridized carbons (Fsp3) is 0. The third-order valence-corrected chi connectivity index (χ3v) is 2.40. The van der Waals surface area contributed by atoms with Crippen LogP contribution in [0.25, 0.3) is 11.0 Å². The first-order chi connectivity index (χ1) is 6.48. The molecule has 0 aliphatic rings. The quantitative estimate of drug-likeness (QED) is 0.419. The molecule has 0 fully saturated rings. The van der Waals surface area contributed by atoms with E-state index in [1.165, 1.54) is 6.07 Å². The van der Waals surface area contributed by atoms with E-state index in [4.69, 9.17) is 0 Å². The van der Waals surface area contributed by atoms with Crippen LogP contribution in [0, 0.1) is 5.82 Å². The Morgan fingerprint density at radius 2 is 2.07 bits per heavy atom. The number of hydrogen-bond acceptors (Lipinski definition) is 5. The Balaban J connectivity index is 0.00000112. The molecule has 1 aromatic heterocycles. The molecule has 0 bridgehead atoms. The Hall–Kier alpha value is -0.470.